The van der Waals surface area contributed by atoms with E-state index in [9.17, 15) is 0 Å². The zero-order valence-electron chi connectivity index (χ0n) is 13.1. The van der Waals surface area contributed by atoms with E-state index in [1.54, 1.807) is 0 Å². The number of hydrogen-bond donors (Lipinski definition) is 1. The zero-order valence-corrected chi connectivity index (χ0v) is 13.9. The predicted molar refractivity (Wildman–Crippen MR) is 86.0 cm³/mol. The number of thiophene rings is 1. The van der Waals surface area contributed by atoms with Gasteiger partial charge in [-0.1, -0.05) is 6.92 Å². The predicted octanol–water partition coefficient (Wildman–Crippen LogP) is 2.42. The Hall–Kier alpha value is -0.420. The second-order valence-corrected chi connectivity index (χ2v) is 6.80. The molecular formula is C15H29N3S. The van der Waals surface area contributed by atoms with Crippen molar-refractivity contribution < 1.29 is 0 Å². The Kier molecular flexibility index (Phi) is 7.61. The lowest BCUT2D eigenvalue weighted by Gasteiger charge is -2.30. The molecule has 0 fully saturated rings. The van der Waals surface area contributed by atoms with Crippen molar-refractivity contribution in [3.05, 3.63) is 21.9 Å². The number of aryl methyl sites for hydroxylation is 1. The summed E-state index contributed by atoms with van der Waals surface area (Å²) in [4.78, 5) is 7.62. The second-order valence-electron chi connectivity index (χ2n) is 5.43. The van der Waals surface area contributed by atoms with Crippen LogP contribution in [0.2, 0.25) is 0 Å². The standard InChI is InChI=1S/C15H29N3S/c1-6-18(13(2)12-17(4)5)10-9-16-11-15-8-7-14(3)19-15/h7-8,13,16H,6,9-12H2,1-5H3. The van der Waals surface area contributed by atoms with E-state index in [-0.39, 0.29) is 0 Å². The lowest BCUT2D eigenvalue weighted by molar-refractivity contribution is 0.182. The Morgan fingerprint density at radius 2 is 2.05 bits per heavy atom. The van der Waals surface area contributed by atoms with Crippen molar-refractivity contribution in [2.45, 2.75) is 33.4 Å². The summed E-state index contributed by atoms with van der Waals surface area (Å²) in [6.07, 6.45) is 0. The van der Waals surface area contributed by atoms with Gasteiger partial charge in [-0.3, -0.25) is 4.90 Å². The fourth-order valence-electron chi connectivity index (χ4n) is 2.35. The third-order valence-corrected chi connectivity index (χ3v) is 4.33. The van der Waals surface area contributed by atoms with Gasteiger partial charge >= 0.3 is 0 Å². The normalized spacial score (nSPS) is 13.4. The van der Waals surface area contributed by atoms with Gasteiger partial charge in [-0.15, -0.1) is 11.3 Å². The summed E-state index contributed by atoms with van der Waals surface area (Å²) in [6.45, 7) is 12.1. The molecule has 0 bridgehead atoms. The lowest BCUT2D eigenvalue weighted by atomic mass is 10.2. The minimum absolute atomic E-state index is 0.616. The molecule has 0 saturated carbocycles. The van der Waals surface area contributed by atoms with Gasteiger partial charge < -0.3 is 10.2 Å². The highest BCUT2D eigenvalue weighted by Gasteiger charge is 2.11. The van der Waals surface area contributed by atoms with E-state index < -0.39 is 0 Å². The van der Waals surface area contributed by atoms with E-state index in [2.05, 4.69) is 62.1 Å². The molecule has 19 heavy (non-hydrogen) atoms. The first-order valence-electron chi connectivity index (χ1n) is 7.17. The van der Waals surface area contributed by atoms with Gasteiger partial charge in [0, 0.05) is 42.0 Å². The van der Waals surface area contributed by atoms with Crippen LogP contribution in [-0.4, -0.2) is 56.1 Å². The van der Waals surface area contributed by atoms with Crippen LogP contribution < -0.4 is 5.32 Å². The van der Waals surface area contributed by atoms with Gasteiger partial charge in [0.1, 0.15) is 0 Å². The first-order valence-corrected chi connectivity index (χ1v) is 7.99. The second kappa shape index (κ2) is 8.69. The van der Waals surface area contributed by atoms with E-state index in [0.29, 0.717) is 6.04 Å². The summed E-state index contributed by atoms with van der Waals surface area (Å²) in [5.41, 5.74) is 0. The Morgan fingerprint density at radius 3 is 2.58 bits per heavy atom. The van der Waals surface area contributed by atoms with Crippen LogP contribution in [0.1, 0.15) is 23.6 Å². The topological polar surface area (TPSA) is 18.5 Å². The van der Waals surface area contributed by atoms with Crippen LogP contribution in [0.15, 0.2) is 12.1 Å². The number of likely N-dealkylation sites (N-methyl/N-ethyl adjacent to an activating group) is 2. The first-order chi connectivity index (χ1) is 9.02. The number of nitrogens with one attached hydrogen (secondary N) is 1. The van der Waals surface area contributed by atoms with E-state index in [1.807, 2.05) is 11.3 Å². The maximum Gasteiger partial charge on any atom is 0.0300 e. The van der Waals surface area contributed by atoms with Gasteiger partial charge in [0.05, 0.1) is 0 Å². The van der Waals surface area contributed by atoms with Gasteiger partial charge in [-0.05, 0) is 46.6 Å². The number of nitrogens with zero attached hydrogens (tertiary/aromatic N) is 2. The SMILES string of the molecule is CCN(CCNCc1ccc(C)s1)C(C)CN(C)C. The van der Waals surface area contributed by atoms with Crippen LogP contribution >= 0.6 is 11.3 Å². The molecule has 1 unspecified atom stereocenters. The molecule has 3 nitrogen and oxygen atoms in total. The smallest absolute Gasteiger partial charge is 0.0300 e. The summed E-state index contributed by atoms with van der Waals surface area (Å²) < 4.78 is 0. The first kappa shape index (κ1) is 16.6. The quantitative estimate of drug-likeness (QED) is 0.702. The Labute approximate surface area is 122 Å². The van der Waals surface area contributed by atoms with E-state index in [1.165, 1.54) is 9.75 Å². The van der Waals surface area contributed by atoms with Crippen molar-refractivity contribution in [2.24, 2.45) is 0 Å². The van der Waals surface area contributed by atoms with Crippen LogP contribution in [0, 0.1) is 6.92 Å². The molecule has 0 aliphatic carbocycles. The zero-order chi connectivity index (χ0) is 14.3. The molecule has 0 spiro atoms. The fraction of sp³-hybridized carbons (Fsp3) is 0.733. The van der Waals surface area contributed by atoms with Crippen molar-refractivity contribution >= 4 is 11.3 Å². The minimum atomic E-state index is 0.616. The van der Waals surface area contributed by atoms with E-state index in [0.717, 1.165) is 32.7 Å². The van der Waals surface area contributed by atoms with Crippen molar-refractivity contribution in [3.8, 4) is 0 Å². The molecule has 1 atom stereocenters. The summed E-state index contributed by atoms with van der Waals surface area (Å²) in [6, 6.07) is 5.03. The Morgan fingerprint density at radius 1 is 1.32 bits per heavy atom. The molecule has 0 aliphatic heterocycles. The fourth-order valence-corrected chi connectivity index (χ4v) is 3.21. The van der Waals surface area contributed by atoms with Crippen molar-refractivity contribution in [2.75, 3.05) is 40.3 Å². The van der Waals surface area contributed by atoms with Crippen LogP contribution in [-0.2, 0) is 6.54 Å². The number of rotatable bonds is 9. The molecule has 0 amide bonds. The molecule has 110 valence electrons. The van der Waals surface area contributed by atoms with Crippen molar-refractivity contribution in [1.82, 2.24) is 15.1 Å². The molecule has 1 rings (SSSR count). The monoisotopic (exact) mass is 283 g/mol. The maximum atomic E-state index is 3.54. The highest BCUT2D eigenvalue weighted by Crippen LogP contribution is 2.14. The molecule has 4 heteroatoms. The summed E-state index contributed by atoms with van der Waals surface area (Å²) in [7, 11) is 4.28. The highest BCUT2D eigenvalue weighted by atomic mass is 32.1. The van der Waals surface area contributed by atoms with Gasteiger partial charge in [0.2, 0.25) is 0 Å². The Bertz CT molecular complexity index is 349. The van der Waals surface area contributed by atoms with Gasteiger partial charge in [0.15, 0.2) is 0 Å². The van der Waals surface area contributed by atoms with Crippen molar-refractivity contribution in [1.29, 1.82) is 0 Å². The average molecular weight is 283 g/mol. The summed E-state index contributed by atoms with van der Waals surface area (Å²) in [5, 5.41) is 3.54. The molecule has 0 aliphatic rings. The van der Waals surface area contributed by atoms with Gasteiger partial charge in [-0.2, -0.15) is 0 Å². The van der Waals surface area contributed by atoms with Crippen LogP contribution in [0.25, 0.3) is 0 Å². The van der Waals surface area contributed by atoms with Crippen LogP contribution in [0.5, 0.6) is 0 Å². The summed E-state index contributed by atoms with van der Waals surface area (Å²) >= 11 is 1.88. The molecule has 1 aromatic rings. The highest BCUT2D eigenvalue weighted by molar-refractivity contribution is 7.11. The number of hydrogen-bond acceptors (Lipinski definition) is 4. The summed E-state index contributed by atoms with van der Waals surface area (Å²) in [5.74, 6) is 0. The van der Waals surface area contributed by atoms with Crippen molar-refractivity contribution in [3.63, 3.8) is 0 Å². The molecule has 0 saturated heterocycles. The largest absolute Gasteiger partial charge is 0.311 e. The Balaban J connectivity index is 2.22. The van der Waals surface area contributed by atoms with E-state index in [4.69, 9.17) is 0 Å². The molecule has 1 N–H and O–H groups in total. The molecule has 0 aromatic carbocycles. The molecule has 1 heterocycles. The minimum Gasteiger partial charge on any atom is -0.311 e. The van der Waals surface area contributed by atoms with Crippen LogP contribution in [0.4, 0.5) is 0 Å². The lowest BCUT2D eigenvalue weighted by Crippen LogP contribution is -2.43. The molecular weight excluding hydrogens is 254 g/mol. The average Bonchev–Trinajstić information content (AvgIpc) is 2.74. The van der Waals surface area contributed by atoms with E-state index >= 15 is 0 Å². The van der Waals surface area contributed by atoms with Gasteiger partial charge in [0.25, 0.3) is 0 Å². The third-order valence-electron chi connectivity index (χ3n) is 3.33. The molecule has 1 aromatic heterocycles. The molecule has 0 radical (unpaired) electrons. The van der Waals surface area contributed by atoms with Gasteiger partial charge in [-0.25, -0.2) is 0 Å². The maximum absolute atomic E-state index is 3.54. The third kappa shape index (κ3) is 6.52. The van der Waals surface area contributed by atoms with Crippen LogP contribution in [0.3, 0.4) is 0 Å².